The normalized spacial score (nSPS) is 12.1. The first-order valence-corrected chi connectivity index (χ1v) is 4.17. The van der Waals surface area contributed by atoms with Gasteiger partial charge in [0.15, 0.2) is 0 Å². The zero-order chi connectivity index (χ0) is 11.8. The Labute approximate surface area is 83.5 Å². The Morgan fingerprint density at radius 3 is 2.27 bits per heavy atom. The molecule has 0 saturated carbocycles. The predicted molar refractivity (Wildman–Crippen MR) is 44.8 cm³/mol. The van der Waals surface area contributed by atoms with E-state index in [4.69, 9.17) is 5.11 Å². The standard InChI is InChI=1S/C9H9F3O3/c1-4(2)5-3-6(8(13)14)15-7(5)9(10,11)12/h3-4H,1-2H3,(H,13,14). The van der Waals surface area contributed by atoms with Crippen molar-refractivity contribution >= 4 is 5.97 Å². The van der Waals surface area contributed by atoms with Crippen molar-refractivity contribution in [2.75, 3.05) is 0 Å². The molecule has 0 radical (unpaired) electrons. The van der Waals surface area contributed by atoms with Crippen LogP contribution in [-0.2, 0) is 6.18 Å². The summed E-state index contributed by atoms with van der Waals surface area (Å²) in [6.07, 6.45) is -4.66. The summed E-state index contributed by atoms with van der Waals surface area (Å²) in [6, 6.07) is 0.913. The number of halogens is 3. The van der Waals surface area contributed by atoms with Crippen LogP contribution in [-0.4, -0.2) is 11.1 Å². The minimum atomic E-state index is -4.66. The summed E-state index contributed by atoms with van der Waals surface area (Å²) in [6.45, 7) is 3.07. The quantitative estimate of drug-likeness (QED) is 0.836. The van der Waals surface area contributed by atoms with Crippen LogP contribution < -0.4 is 0 Å². The molecule has 0 fully saturated rings. The second-order valence-electron chi connectivity index (χ2n) is 3.35. The third-order valence-corrected chi connectivity index (χ3v) is 1.85. The van der Waals surface area contributed by atoms with Gasteiger partial charge >= 0.3 is 12.1 Å². The van der Waals surface area contributed by atoms with Crippen LogP contribution in [0.25, 0.3) is 0 Å². The zero-order valence-electron chi connectivity index (χ0n) is 8.05. The maximum absolute atomic E-state index is 12.4. The van der Waals surface area contributed by atoms with Crippen molar-refractivity contribution in [1.29, 1.82) is 0 Å². The fourth-order valence-electron chi connectivity index (χ4n) is 1.16. The fourth-order valence-corrected chi connectivity index (χ4v) is 1.16. The number of hydrogen-bond donors (Lipinski definition) is 1. The van der Waals surface area contributed by atoms with Gasteiger partial charge in [-0.3, -0.25) is 0 Å². The zero-order valence-corrected chi connectivity index (χ0v) is 8.05. The van der Waals surface area contributed by atoms with E-state index in [2.05, 4.69) is 4.42 Å². The SMILES string of the molecule is CC(C)c1cc(C(=O)O)oc1C(F)(F)F. The molecule has 0 aliphatic rings. The lowest BCUT2D eigenvalue weighted by atomic mass is 10.0. The molecular weight excluding hydrogens is 213 g/mol. The van der Waals surface area contributed by atoms with Gasteiger partial charge in [0.2, 0.25) is 11.5 Å². The molecule has 0 saturated heterocycles. The molecule has 1 aromatic rings. The number of rotatable bonds is 2. The first kappa shape index (κ1) is 11.6. The van der Waals surface area contributed by atoms with Gasteiger partial charge in [-0.25, -0.2) is 4.79 Å². The molecule has 0 bridgehead atoms. The summed E-state index contributed by atoms with van der Waals surface area (Å²) in [5.74, 6) is -3.87. The second kappa shape index (κ2) is 3.60. The van der Waals surface area contributed by atoms with Crippen LogP contribution in [0.2, 0.25) is 0 Å². The molecule has 0 atom stereocenters. The molecule has 0 unspecified atom stereocenters. The van der Waals surface area contributed by atoms with Crippen LogP contribution in [0.5, 0.6) is 0 Å². The van der Waals surface area contributed by atoms with Crippen molar-refractivity contribution in [2.24, 2.45) is 0 Å². The number of carbonyl (C=O) groups is 1. The highest BCUT2D eigenvalue weighted by Crippen LogP contribution is 2.37. The number of carboxylic acids is 1. The molecule has 0 amide bonds. The smallest absolute Gasteiger partial charge is 0.449 e. The number of alkyl halides is 3. The third kappa shape index (κ3) is 2.31. The molecule has 0 aliphatic carbocycles. The molecule has 0 spiro atoms. The summed E-state index contributed by atoms with van der Waals surface area (Å²) >= 11 is 0. The lowest BCUT2D eigenvalue weighted by Gasteiger charge is -2.07. The average molecular weight is 222 g/mol. The van der Waals surface area contributed by atoms with Crippen molar-refractivity contribution in [1.82, 2.24) is 0 Å². The number of hydrogen-bond acceptors (Lipinski definition) is 2. The second-order valence-corrected chi connectivity index (χ2v) is 3.35. The first-order chi connectivity index (χ1) is 6.73. The minimum Gasteiger partial charge on any atom is -0.475 e. The van der Waals surface area contributed by atoms with Gasteiger partial charge in [0.25, 0.3) is 0 Å². The highest BCUT2D eigenvalue weighted by molar-refractivity contribution is 5.84. The molecule has 84 valence electrons. The summed E-state index contributed by atoms with van der Waals surface area (Å²) < 4.78 is 41.5. The molecule has 1 N–H and O–H groups in total. The van der Waals surface area contributed by atoms with Gasteiger partial charge in [0, 0.05) is 5.56 Å². The average Bonchev–Trinajstić information content (AvgIpc) is 2.45. The Kier molecular flexibility index (Phi) is 2.79. The molecule has 0 aromatic carbocycles. The van der Waals surface area contributed by atoms with Gasteiger partial charge in [0.05, 0.1) is 0 Å². The molecule has 1 heterocycles. The summed E-state index contributed by atoms with van der Waals surface area (Å²) in [7, 11) is 0. The highest BCUT2D eigenvalue weighted by Gasteiger charge is 2.39. The van der Waals surface area contributed by atoms with E-state index in [0.29, 0.717) is 0 Å². The minimum absolute atomic E-state index is 0.139. The molecule has 1 rings (SSSR count). The van der Waals surface area contributed by atoms with Gasteiger partial charge in [-0.15, -0.1) is 0 Å². The Hall–Kier alpha value is -1.46. The van der Waals surface area contributed by atoms with Crippen LogP contribution in [0.15, 0.2) is 10.5 Å². The maximum Gasteiger partial charge on any atom is 0.449 e. The van der Waals surface area contributed by atoms with E-state index < -0.39 is 29.6 Å². The van der Waals surface area contributed by atoms with Crippen molar-refractivity contribution in [3.05, 3.63) is 23.2 Å². The maximum atomic E-state index is 12.4. The summed E-state index contributed by atoms with van der Waals surface area (Å²) in [4.78, 5) is 10.5. The molecular formula is C9H9F3O3. The lowest BCUT2D eigenvalue weighted by molar-refractivity contribution is -0.154. The van der Waals surface area contributed by atoms with Crippen molar-refractivity contribution in [3.63, 3.8) is 0 Å². The highest BCUT2D eigenvalue weighted by atomic mass is 19.4. The van der Waals surface area contributed by atoms with Gasteiger partial charge in [0.1, 0.15) is 0 Å². The van der Waals surface area contributed by atoms with E-state index >= 15 is 0 Å². The van der Waals surface area contributed by atoms with Crippen molar-refractivity contribution in [3.8, 4) is 0 Å². The van der Waals surface area contributed by atoms with E-state index in [9.17, 15) is 18.0 Å². The number of aromatic carboxylic acids is 1. The van der Waals surface area contributed by atoms with Gasteiger partial charge in [-0.1, -0.05) is 13.8 Å². The Balaban J connectivity index is 3.30. The van der Waals surface area contributed by atoms with Crippen LogP contribution >= 0.6 is 0 Å². The van der Waals surface area contributed by atoms with Gasteiger partial charge in [-0.05, 0) is 12.0 Å². The molecule has 0 aliphatic heterocycles. The summed E-state index contributed by atoms with van der Waals surface area (Å²) in [5, 5.41) is 8.51. The van der Waals surface area contributed by atoms with Gasteiger partial charge < -0.3 is 9.52 Å². The monoisotopic (exact) mass is 222 g/mol. The lowest BCUT2D eigenvalue weighted by Crippen LogP contribution is -2.07. The Bertz CT molecular complexity index is 376. The molecule has 1 aromatic heterocycles. The molecule has 15 heavy (non-hydrogen) atoms. The van der Waals surface area contributed by atoms with E-state index in [0.717, 1.165) is 6.07 Å². The number of carboxylic acid groups (broad SMARTS) is 1. The Morgan fingerprint density at radius 2 is 2.00 bits per heavy atom. The van der Waals surface area contributed by atoms with Crippen LogP contribution in [0, 0.1) is 0 Å². The fraction of sp³-hybridized carbons (Fsp3) is 0.444. The first-order valence-electron chi connectivity index (χ1n) is 4.17. The van der Waals surface area contributed by atoms with E-state index in [1.165, 1.54) is 13.8 Å². The van der Waals surface area contributed by atoms with Crippen molar-refractivity contribution in [2.45, 2.75) is 25.9 Å². The number of furan rings is 1. The molecule has 6 heteroatoms. The Morgan fingerprint density at radius 1 is 1.47 bits per heavy atom. The van der Waals surface area contributed by atoms with Crippen LogP contribution in [0.4, 0.5) is 13.2 Å². The van der Waals surface area contributed by atoms with Gasteiger partial charge in [-0.2, -0.15) is 13.2 Å². The summed E-state index contributed by atoms with van der Waals surface area (Å²) in [5.41, 5.74) is -0.139. The third-order valence-electron chi connectivity index (χ3n) is 1.85. The molecule has 3 nitrogen and oxygen atoms in total. The van der Waals surface area contributed by atoms with E-state index in [1.807, 2.05) is 0 Å². The van der Waals surface area contributed by atoms with Crippen molar-refractivity contribution < 1.29 is 27.5 Å². The largest absolute Gasteiger partial charge is 0.475 e. The topological polar surface area (TPSA) is 50.4 Å². The van der Waals surface area contributed by atoms with Crippen LogP contribution in [0.3, 0.4) is 0 Å². The van der Waals surface area contributed by atoms with E-state index in [-0.39, 0.29) is 5.56 Å². The predicted octanol–water partition coefficient (Wildman–Crippen LogP) is 3.12. The van der Waals surface area contributed by atoms with E-state index in [1.54, 1.807) is 0 Å². The van der Waals surface area contributed by atoms with Crippen LogP contribution in [0.1, 0.15) is 41.6 Å².